The number of rotatable bonds is 3. The molecule has 2 atom stereocenters. The Kier molecular flexibility index (Phi) is 4.86. The Morgan fingerprint density at radius 1 is 1.25 bits per heavy atom. The third kappa shape index (κ3) is 3.29. The number of benzene rings is 1. The van der Waals surface area contributed by atoms with E-state index >= 15 is 0 Å². The zero-order valence-corrected chi connectivity index (χ0v) is 15.0. The number of aryl methyl sites for hydroxylation is 1. The maximum atomic E-state index is 12.4. The molecule has 4 nitrogen and oxygen atoms in total. The van der Waals surface area contributed by atoms with Gasteiger partial charge in [0.25, 0.3) is 0 Å². The molecule has 0 unspecified atom stereocenters. The van der Waals surface area contributed by atoms with E-state index in [4.69, 9.17) is 9.72 Å². The number of ether oxygens (including phenoxy) is 1. The van der Waals surface area contributed by atoms with Crippen molar-refractivity contribution in [1.29, 1.82) is 0 Å². The maximum absolute atomic E-state index is 12.4. The van der Waals surface area contributed by atoms with E-state index in [1.54, 1.807) is 0 Å². The zero-order valence-electron chi connectivity index (χ0n) is 15.0. The molecule has 1 aliphatic heterocycles. The smallest absolute Gasteiger partial charge is 0.340 e. The molecule has 1 aromatic carbocycles. The van der Waals surface area contributed by atoms with Crippen molar-refractivity contribution < 1.29 is 9.53 Å². The van der Waals surface area contributed by atoms with Gasteiger partial charge >= 0.3 is 5.97 Å². The van der Waals surface area contributed by atoms with Crippen molar-refractivity contribution in [3.8, 4) is 0 Å². The van der Waals surface area contributed by atoms with E-state index in [1.165, 1.54) is 13.5 Å². The van der Waals surface area contributed by atoms with Crippen molar-refractivity contribution in [3.63, 3.8) is 0 Å². The minimum absolute atomic E-state index is 0.293. The summed E-state index contributed by atoms with van der Waals surface area (Å²) in [6.45, 7) is 9.38. The van der Waals surface area contributed by atoms with E-state index in [2.05, 4.69) is 18.7 Å². The fourth-order valence-corrected chi connectivity index (χ4v) is 4.06. The normalized spacial score (nSPS) is 21.8. The van der Waals surface area contributed by atoms with Gasteiger partial charge in [0.15, 0.2) is 0 Å². The minimum Gasteiger partial charge on any atom is -0.465 e. The molecule has 1 aromatic heterocycles. The van der Waals surface area contributed by atoms with Gasteiger partial charge in [0.1, 0.15) is 0 Å². The predicted molar refractivity (Wildman–Crippen MR) is 96.0 cm³/mol. The highest BCUT2D eigenvalue weighted by molar-refractivity contribution is 5.98. The lowest BCUT2D eigenvalue weighted by Gasteiger charge is -2.35. The summed E-state index contributed by atoms with van der Waals surface area (Å²) in [7, 11) is 1.44. The summed E-state index contributed by atoms with van der Waals surface area (Å²) < 4.78 is 5.04. The van der Waals surface area contributed by atoms with Gasteiger partial charge in [0.2, 0.25) is 0 Å². The van der Waals surface area contributed by atoms with E-state index in [0.717, 1.165) is 35.2 Å². The molecular formula is C20H26N2O2. The number of hydrogen-bond donors (Lipinski definition) is 0. The first kappa shape index (κ1) is 16.9. The van der Waals surface area contributed by atoms with Crippen molar-refractivity contribution in [2.24, 2.45) is 11.8 Å². The average molecular weight is 326 g/mol. The molecule has 0 radical (unpaired) electrons. The lowest BCUT2D eigenvalue weighted by Crippen LogP contribution is -2.38. The number of fused-ring (bicyclic) bond motifs is 1. The number of para-hydroxylation sites is 1. The van der Waals surface area contributed by atoms with Gasteiger partial charge in [0.05, 0.1) is 23.9 Å². The van der Waals surface area contributed by atoms with Crippen LogP contribution < -0.4 is 0 Å². The topological polar surface area (TPSA) is 42.4 Å². The number of pyridine rings is 1. The summed E-state index contributed by atoms with van der Waals surface area (Å²) in [6, 6.07) is 7.99. The largest absolute Gasteiger partial charge is 0.465 e. The van der Waals surface area contributed by atoms with Gasteiger partial charge in [-0.25, -0.2) is 4.79 Å². The number of aromatic nitrogens is 1. The van der Waals surface area contributed by atoms with E-state index in [0.29, 0.717) is 23.9 Å². The van der Waals surface area contributed by atoms with Gasteiger partial charge in [-0.05, 0) is 36.8 Å². The first-order valence-electron chi connectivity index (χ1n) is 8.68. The van der Waals surface area contributed by atoms with Crippen LogP contribution in [0.15, 0.2) is 24.3 Å². The van der Waals surface area contributed by atoms with E-state index < -0.39 is 0 Å². The first-order valence-corrected chi connectivity index (χ1v) is 8.68. The number of carbonyl (C=O) groups excluding carboxylic acids is 1. The molecule has 3 rings (SSSR count). The molecule has 4 heteroatoms. The fraction of sp³-hybridized carbons (Fsp3) is 0.500. The molecule has 2 heterocycles. The molecule has 0 saturated carbocycles. The second kappa shape index (κ2) is 6.89. The Morgan fingerprint density at radius 3 is 2.58 bits per heavy atom. The quantitative estimate of drug-likeness (QED) is 0.805. The van der Waals surface area contributed by atoms with Crippen LogP contribution >= 0.6 is 0 Å². The fourth-order valence-electron chi connectivity index (χ4n) is 4.06. The number of piperidine rings is 1. The number of nitrogens with zero attached hydrogens (tertiary/aromatic N) is 2. The molecule has 0 spiro atoms. The van der Waals surface area contributed by atoms with Crippen molar-refractivity contribution in [3.05, 3.63) is 41.1 Å². The molecule has 0 bridgehead atoms. The van der Waals surface area contributed by atoms with E-state index in [-0.39, 0.29) is 5.97 Å². The van der Waals surface area contributed by atoms with Crippen molar-refractivity contribution >= 4 is 16.9 Å². The second-order valence-corrected chi connectivity index (χ2v) is 7.21. The zero-order chi connectivity index (χ0) is 17.3. The van der Waals surface area contributed by atoms with Crippen LogP contribution in [0.3, 0.4) is 0 Å². The summed E-state index contributed by atoms with van der Waals surface area (Å²) in [5.41, 5.74) is 3.36. The van der Waals surface area contributed by atoms with Gasteiger partial charge in [-0.3, -0.25) is 9.88 Å². The molecule has 1 saturated heterocycles. The predicted octanol–water partition coefficient (Wildman–Crippen LogP) is 3.81. The number of likely N-dealkylation sites (tertiary alicyclic amines) is 1. The second-order valence-electron chi connectivity index (χ2n) is 7.21. The third-order valence-electron chi connectivity index (χ3n) is 4.93. The molecular weight excluding hydrogens is 300 g/mol. The van der Waals surface area contributed by atoms with Crippen LogP contribution in [0.4, 0.5) is 0 Å². The lowest BCUT2D eigenvalue weighted by molar-refractivity contribution is 0.0595. The summed E-state index contributed by atoms with van der Waals surface area (Å²) >= 11 is 0. The first-order chi connectivity index (χ1) is 11.5. The van der Waals surface area contributed by atoms with E-state index in [1.807, 2.05) is 31.2 Å². The molecule has 1 aliphatic rings. The lowest BCUT2D eigenvalue weighted by atomic mass is 9.91. The monoisotopic (exact) mass is 326 g/mol. The minimum atomic E-state index is -0.293. The maximum Gasteiger partial charge on any atom is 0.340 e. The van der Waals surface area contributed by atoms with Gasteiger partial charge in [0, 0.05) is 25.0 Å². The molecule has 0 N–H and O–H groups in total. The average Bonchev–Trinajstić information content (AvgIpc) is 2.53. The molecule has 0 amide bonds. The summed E-state index contributed by atoms with van der Waals surface area (Å²) in [6.07, 6.45) is 1.27. The summed E-state index contributed by atoms with van der Waals surface area (Å²) in [5.74, 6) is 1.06. The van der Waals surface area contributed by atoms with Crippen LogP contribution in [0.2, 0.25) is 0 Å². The highest BCUT2D eigenvalue weighted by atomic mass is 16.5. The van der Waals surface area contributed by atoms with Crippen molar-refractivity contribution in [2.45, 2.75) is 33.7 Å². The van der Waals surface area contributed by atoms with Crippen LogP contribution in [0.25, 0.3) is 10.9 Å². The summed E-state index contributed by atoms with van der Waals surface area (Å²) in [4.78, 5) is 19.6. The van der Waals surface area contributed by atoms with Crippen molar-refractivity contribution in [1.82, 2.24) is 9.88 Å². The number of hydrogen-bond acceptors (Lipinski definition) is 4. The van der Waals surface area contributed by atoms with Gasteiger partial charge in [-0.15, -0.1) is 0 Å². The Balaban J connectivity index is 2.03. The molecule has 2 aromatic rings. The molecule has 0 aliphatic carbocycles. The third-order valence-corrected chi connectivity index (χ3v) is 4.93. The van der Waals surface area contributed by atoms with Gasteiger partial charge in [-0.1, -0.05) is 32.0 Å². The molecule has 1 fully saturated rings. The Labute approximate surface area is 143 Å². The van der Waals surface area contributed by atoms with Gasteiger partial charge < -0.3 is 4.74 Å². The Morgan fingerprint density at radius 2 is 1.92 bits per heavy atom. The van der Waals surface area contributed by atoms with Crippen molar-refractivity contribution in [2.75, 3.05) is 20.2 Å². The SMILES string of the molecule is COC(=O)c1c(CN2C[C@@H](C)C[C@H](C)C2)nc2ccccc2c1C. The standard InChI is InChI=1S/C20H26N2O2/c1-13-9-14(2)11-22(10-13)12-18-19(20(23)24-4)15(3)16-7-5-6-8-17(16)21-18/h5-8,13-14H,9-12H2,1-4H3/t13-,14-/m0/s1. The summed E-state index contributed by atoms with van der Waals surface area (Å²) in [5, 5.41) is 1.02. The van der Waals surface area contributed by atoms with E-state index in [9.17, 15) is 4.79 Å². The highest BCUT2D eigenvalue weighted by Gasteiger charge is 2.25. The Hall–Kier alpha value is -1.94. The Bertz CT molecular complexity index is 747. The van der Waals surface area contributed by atoms with Crippen LogP contribution in [0.5, 0.6) is 0 Å². The number of carbonyl (C=O) groups is 1. The molecule has 128 valence electrons. The highest BCUT2D eigenvalue weighted by Crippen LogP contribution is 2.27. The van der Waals surface area contributed by atoms with Crippen LogP contribution in [-0.4, -0.2) is 36.1 Å². The number of methoxy groups -OCH3 is 1. The molecule has 24 heavy (non-hydrogen) atoms. The van der Waals surface area contributed by atoms with Gasteiger partial charge in [-0.2, -0.15) is 0 Å². The number of esters is 1. The van der Waals surface area contributed by atoms with Crippen LogP contribution in [0, 0.1) is 18.8 Å². The van der Waals surface area contributed by atoms with Crippen LogP contribution in [0.1, 0.15) is 41.9 Å². The van der Waals surface area contributed by atoms with Crippen LogP contribution in [-0.2, 0) is 11.3 Å².